The van der Waals surface area contributed by atoms with Crippen LogP contribution in [0.3, 0.4) is 0 Å². The highest BCUT2D eigenvalue weighted by atomic mass is 127. The van der Waals surface area contributed by atoms with Gasteiger partial charge in [-0.2, -0.15) is 0 Å². The maximum atomic E-state index is 12.3. The fraction of sp³-hybridized carbons (Fsp3) is 0.188. The van der Waals surface area contributed by atoms with Crippen LogP contribution in [0.4, 0.5) is 5.69 Å². The maximum absolute atomic E-state index is 12.3. The Kier molecular flexibility index (Phi) is 5.06. The van der Waals surface area contributed by atoms with Gasteiger partial charge in [0.25, 0.3) is 5.91 Å². The molecule has 0 spiro atoms. The quantitative estimate of drug-likeness (QED) is 0.797. The van der Waals surface area contributed by atoms with Crippen molar-refractivity contribution in [2.24, 2.45) is 0 Å². The zero-order valence-electron chi connectivity index (χ0n) is 12.1. The van der Waals surface area contributed by atoms with E-state index in [0.717, 1.165) is 9.13 Å². The lowest BCUT2D eigenvalue weighted by atomic mass is 10.1. The first-order chi connectivity index (χ1) is 10.0. The van der Waals surface area contributed by atoms with Gasteiger partial charge in [0.05, 0.1) is 19.9 Å². The molecule has 0 aliphatic carbocycles. The second kappa shape index (κ2) is 6.80. The Morgan fingerprint density at radius 1 is 1.10 bits per heavy atom. The van der Waals surface area contributed by atoms with E-state index in [9.17, 15) is 4.79 Å². The summed E-state index contributed by atoms with van der Waals surface area (Å²) in [7, 11) is 3.14. The lowest BCUT2D eigenvalue weighted by Gasteiger charge is -2.12. The molecule has 0 radical (unpaired) electrons. The van der Waals surface area contributed by atoms with E-state index < -0.39 is 0 Å². The minimum atomic E-state index is -0.181. The summed E-state index contributed by atoms with van der Waals surface area (Å²) in [5, 5.41) is 2.85. The first-order valence-electron chi connectivity index (χ1n) is 6.34. The van der Waals surface area contributed by atoms with Crippen LogP contribution in [-0.4, -0.2) is 20.1 Å². The van der Waals surface area contributed by atoms with Crippen LogP contribution < -0.4 is 14.8 Å². The van der Waals surface area contributed by atoms with Crippen molar-refractivity contribution < 1.29 is 14.3 Å². The topological polar surface area (TPSA) is 47.6 Å². The third kappa shape index (κ3) is 3.66. The van der Waals surface area contributed by atoms with Crippen molar-refractivity contribution in [3.8, 4) is 11.5 Å². The van der Waals surface area contributed by atoms with Crippen LogP contribution in [0.15, 0.2) is 36.4 Å². The Balaban J connectivity index is 2.28. The number of carbonyl (C=O) groups excluding carboxylic acids is 1. The van der Waals surface area contributed by atoms with E-state index in [-0.39, 0.29) is 5.91 Å². The molecule has 4 nitrogen and oxygen atoms in total. The summed E-state index contributed by atoms with van der Waals surface area (Å²) in [6.45, 7) is 2.01. The van der Waals surface area contributed by atoms with Crippen LogP contribution >= 0.6 is 22.6 Å². The van der Waals surface area contributed by atoms with Gasteiger partial charge < -0.3 is 14.8 Å². The molecule has 21 heavy (non-hydrogen) atoms. The van der Waals surface area contributed by atoms with Crippen LogP contribution in [-0.2, 0) is 0 Å². The number of hydrogen-bond donors (Lipinski definition) is 1. The highest BCUT2D eigenvalue weighted by molar-refractivity contribution is 14.1. The first kappa shape index (κ1) is 15.6. The minimum Gasteiger partial charge on any atom is -0.497 e. The van der Waals surface area contributed by atoms with Gasteiger partial charge in [0, 0.05) is 15.2 Å². The molecule has 2 rings (SSSR count). The summed E-state index contributed by atoms with van der Waals surface area (Å²) in [6.07, 6.45) is 0. The lowest BCUT2D eigenvalue weighted by Crippen LogP contribution is -2.13. The zero-order valence-corrected chi connectivity index (χ0v) is 14.2. The van der Waals surface area contributed by atoms with Gasteiger partial charge in [0.1, 0.15) is 11.5 Å². The van der Waals surface area contributed by atoms with Crippen LogP contribution in [0.1, 0.15) is 15.9 Å². The van der Waals surface area contributed by atoms with Gasteiger partial charge in [-0.25, -0.2) is 0 Å². The van der Waals surface area contributed by atoms with Gasteiger partial charge in [-0.15, -0.1) is 0 Å². The predicted octanol–water partition coefficient (Wildman–Crippen LogP) is 3.87. The van der Waals surface area contributed by atoms with Gasteiger partial charge in [-0.3, -0.25) is 4.79 Å². The molecule has 110 valence electrons. The Morgan fingerprint density at radius 2 is 1.86 bits per heavy atom. The smallest absolute Gasteiger partial charge is 0.255 e. The molecule has 0 aliphatic heterocycles. The summed E-state index contributed by atoms with van der Waals surface area (Å²) in [4.78, 5) is 12.3. The number of aryl methyl sites for hydroxylation is 1. The average molecular weight is 397 g/mol. The Labute approximate surface area is 137 Å². The molecule has 0 saturated carbocycles. The molecule has 0 bridgehead atoms. The zero-order chi connectivity index (χ0) is 15.4. The SMILES string of the molecule is COc1ccc(OC)c(NC(=O)c2ccc(C)c(I)c2)c1. The Hall–Kier alpha value is -1.76. The van der Waals surface area contributed by atoms with Crippen LogP contribution in [0, 0.1) is 10.5 Å². The van der Waals surface area contributed by atoms with E-state index in [1.54, 1.807) is 38.5 Å². The average Bonchev–Trinajstić information content (AvgIpc) is 2.49. The number of anilines is 1. The number of amides is 1. The second-order valence-electron chi connectivity index (χ2n) is 4.48. The summed E-state index contributed by atoms with van der Waals surface area (Å²) in [5.74, 6) is 1.06. The monoisotopic (exact) mass is 397 g/mol. The highest BCUT2D eigenvalue weighted by Gasteiger charge is 2.11. The Bertz CT molecular complexity index is 671. The molecule has 0 atom stereocenters. The van der Waals surface area contributed by atoms with Crippen molar-refractivity contribution in [2.75, 3.05) is 19.5 Å². The van der Waals surface area contributed by atoms with Crippen LogP contribution in [0.5, 0.6) is 11.5 Å². The number of hydrogen-bond acceptors (Lipinski definition) is 3. The van der Waals surface area contributed by atoms with Crippen molar-refractivity contribution in [2.45, 2.75) is 6.92 Å². The van der Waals surface area contributed by atoms with E-state index in [1.165, 1.54) is 0 Å². The molecule has 0 heterocycles. The fourth-order valence-corrected chi connectivity index (χ4v) is 2.36. The fourth-order valence-electron chi connectivity index (χ4n) is 1.84. The number of benzene rings is 2. The number of carbonyl (C=O) groups is 1. The summed E-state index contributed by atoms with van der Waals surface area (Å²) in [6, 6.07) is 10.9. The van der Waals surface area contributed by atoms with E-state index >= 15 is 0 Å². The molecular formula is C16H16INO3. The predicted molar refractivity (Wildman–Crippen MR) is 91.4 cm³/mol. The largest absolute Gasteiger partial charge is 0.497 e. The van der Waals surface area contributed by atoms with E-state index in [4.69, 9.17) is 9.47 Å². The summed E-state index contributed by atoms with van der Waals surface area (Å²) in [5.41, 5.74) is 2.33. The molecule has 0 fully saturated rings. The molecule has 0 saturated heterocycles. The molecule has 1 N–H and O–H groups in total. The first-order valence-corrected chi connectivity index (χ1v) is 7.42. The van der Waals surface area contributed by atoms with Crippen molar-refractivity contribution in [3.63, 3.8) is 0 Å². The number of ether oxygens (including phenoxy) is 2. The molecule has 1 amide bonds. The van der Waals surface area contributed by atoms with Crippen LogP contribution in [0.2, 0.25) is 0 Å². The second-order valence-corrected chi connectivity index (χ2v) is 5.65. The van der Waals surface area contributed by atoms with Gasteiger partial charge >= 0.3 is 0 Å². The van der Waals surface area contributed by atoms with Gasteiger partial charge in [0.2, 0.25) is 0 Å². The molecular weight excluding hydrogens is 381 g/mol. The normalized spacial score (nSPS) is 10.1. The number of rotatable bonds is 4. The third-order valence-corrected chi connectivity index (χ3v) is 4.25. The highest BCUT2D eigenvalue weighted by Crippen LogP contribution is 2.29. The molecule has 0 aromatic heterocycles. The van der Waals surface area contributed by atoms with Crippen molar-refractivity contribution in [1.29, 1.82) is 0 Å². The van der Waals surface area contributed by atoms with Crippen molar-refractivity contribution >= 4 is 34.2 Å². The van der Waals surface area contributed by atoms with E-state index in [1.807, 2.05) is 19.1 Å². The number of halogens is 1. The van der Waals surface area contributed by atoms with Crippen LogP contribution in [0.25, 0.3) is 0 Å². The van der Waals surface area contributed by atoms with Crippen molar-refractivity contribution in [3.05, 3.63) is 51.1 Å². The Morgan fingerprint density at radius 3 is 2.48 bits per heavy atom. The molecule has 5 heteroatoms. The minimum absolute atomic E-state index is 0.181. The molecule has 2 aromatic carbocycles. The molecule has 0 aliphatic rings. The summed E-state index contributed by atoms with van der Waals surface area (Å²) >= 11 is 2.22. The van der Waals surface area contributed by atoms with E-state index in [0.29, 0.717) is 22.7 Å². The molecule has 2 aromatic rings. The van der Waals surface area contributed by atoms with Crippen molar-refractivity contribution in [1.82, 2.24) is 0 Å². The maximum Gasteiger partial charge on any atom is 0.255 e. The standard InChI is InChI=1S/C16H16INO3/c1-10-4-5-11(8-13(10)17)16(19)18-14-9-12(20-2)6-7-15(14)21-3/h4-9H,1-3H3,(H,18,19). The van der Waals surface area contributed by atoms with E-state index in [2.05, 4.69) is 27.9 Å². The lowest BCUT2D eigenvalue weighted by molar-refractivity contribution is 0.102. The third-order valence-electron chi connectivity index (χ3n) is 3.09. The van der Waals surface area contributed by atoms with Gasteiger partial charge in [-0.05, 0) is 59.3 Å². The number of methoxy groups -OCH3 is 2. The summed E-state index contributed by atoms with van der Waals surface area (Å²) < 4.78 is 11.5. The molecule has 0 unspecified atom stereocenters. The van der Waals surface area contributed by atoms with Gasteiger partial charge in [-0.1, -0.05) is 6.07 Å². The number of nitrogens with one attached hydrogen (secondary N) is 1. The van der Waals surface area contributed by atoms with Gasteiger partial charge in [0.15, 0.2) is 0 Å².